The maximum atomic E-state index is 12.7. The highest BCUT2D eigenvalue weighted by Crippen LogP contribution is 2.32. The number of rotatable bonds is 8. The van der Waals surface area contributed by atoms with Crippen molar-refractivity contribution in [3.8, 4) is 0 Å². The number of aliphatic hydroxyl groups is 1. The summed E-state index contributed by atoms with van der Waals surface area (Å²) in [6.45, 7) is 4.86. The summed E-state index contributed by atoms with van der Waals surface area (Å²) < 4.78 is 5.15. The minimum Gasteiger partial charge on any atom is -0.481 e. The monoisotopic (exact) mass is 499 g/mol. The Balaban J connectivity index is 1.92. The van der Waals surface area contributed by atoms with E-state index in [-0.39, 0.29) is 28.7 Å². The summed E-state index contributed by atoms with van der Waals surface area (Å²) in [6, 6.07) is 8.43. The first-order valence-corrected chi connectivity index (χ1v) is 10.9. The van der Waals surface area contributed by atoms with Crippen LogP contribution in [0.15, 0.2) is 42.5 Å². The Bertz CT molecular complexity index is 1200. The number of nitro groups is 1. The molecule has 1 aliphatic heterocycles. The van der Waals surface area contributed by atoms with Gasteiger partial charge in [0.05, 0.1) is 22.5 Å². The lowest BCUT2D eigenvalue weighted by atomic mass is 9.98. The summed E-state index contributed by atoms with van der Waals surface area (Å²) in [7, 11) is 0. The van der Waals surface area contributed by atoms with Crippen LogP contribution in [0.4, 0.5) is 10.5 Å². The van der Waals surface area contributed by atoms with Gasteiger partial charge in [0.2, 0.25) is 0 Å². The maximum Gasteiger partial charge on any atom is 0.407 e. The summed E-state index contributed by atoms with van der Waals surface area (Å²) >= 11 is 0. The van der Waals surface area contributed by atoms with Gasteiger partial charge >= 0.3 is 12.1 Å². The highest BCUT2D eigenvalue weighted by molar-refractivity contribution is 6.21. The number of alkyl carbamates (subject to hydrolysis) is 1. The summed E-state index contributed by atoms with van der Waals surface area (Å²) in [6.07, 6.45) is -3.53. The van der Waals surface area contributed by atoms with Gasteiger partial charge in [0.1, 0.15) is 5.60 Å². The third-order valence-corrected chi connectivity index (χ3v) is 5.28. The molecule has 3 rings (SSSR count). The molecule has 190 valence electrons. The van der Waals surface area contributed by atoms with Gasteiger partial charge in [-0.3, -0.25) is 24.5 Å². The molecule has 1 heterocycles. The Kier molecular flexibility index (Phi) is 7.39. The van der Waals surface area contributed by atoms with E-state index in [9.17, 15) is 39.5 Å². The SMILES string of the molecule is CC(C)(C)OC(=O)N[C@H](CC(=O)O)Cc1cc(C(O)N2C(=O)c3ccccc3C2=O)ccc1[N+](=O)[O-]. The van der Waals surface area contributed by atoms with Crippen molar-refractivity contribution >= 4 is 29.6 Å². The minimum absolute atomic E-state index is 0.00329. The van der Waals surface area contributed by atoms with Gasteiger partial charge in [0.15, 0.2) is 6.23 Å². The van der Waals surface area contributed by atoms with Gasteiger partial charge in [-0.15, -0.1) is 0 Å². The van der Waals surface area contributed by atoms with Gasteiger partial charge in [-0.1, -0.05) is 12.1 Å². The molecular weight excluding hydrogens is 474 g/mol. The number of imide groups is 1. The number of ether oxygens (including phenoxy) is 1. The first-order chi connectivity index (χ1) is 16.8. The standard InChI is InChI=1S/C24H25N3O9/c1-24(2,3)36-23(33)25-15(12-19(28)29)11-14-10-13(8-9-18(14)27(34)35)20(30)26-21(31)16-6-4-5-7-17(16)22(26)32/h4-10,15,20,30H,11-12H2,1-3H3,(H,25,33)(H,28,29)/t15-,20?/m0/s1. The van der Waals surface area contributed by atoms with Gasteiger partial charge in [-0.25, -0.2) is 9.69 Å². The number of carboxylic acids is 1. The second kappa shape index (κ2) is 10.1. The number of benzene rings is 2. The maximum absolute atomic E-state index is 12.7. The number of carboxylic acid groups (broad SMARTS) is 1. The Hall–Kier alpha value is -4.32. The quantitative estimate of drug-likeness (QED) is 0.280. The molecule has 12 nitrogen and oxygen atoms in total. The van der Waals surface area contributed by atoms with E-state index in [0.29, 0.717) is 4.90 Å². The van der Waals surface area contributed by atoms with Crippen LogP contribution in [0.3, 0.4) is 0 Å². The van der Waals surface area contributed by atoms with Crippen LogP contribution in [0.1, 0.15) is 65.3 Å². The fourth-order valence-corrected chi connectivity index (χ4v) is 3.81. The first-order valence-electron chi connectivity index (χ1n) is 10.9. The molecular formula is C24H25N3O9. The Morgan fingerprint density at radius 2 is 1.69 bits per heavy atom. The summed E-state index contributed by atoms with van der Waals surface area (Å²) in [5, 5.41) is 34.2. The van der Waals surface area contributed by atoms with Crippen LogP contribution in [0.2, 0.25) is 0 Å². The van der Waals surface area contributed by atoms with Gasteiger partial charge in [-0.2, -0.15) is 0 Å². The van der Waals surface area contributed by atoms with Gasteiger partial charge in [0, 0.05) is 29.7 Å². The summed E-state index contributed by atoms with van der Waals surface area (Å²) in [5.74, 6) is -2.71. The van der Waals surface area contributed by atoms with Crippen LogP contribution in [0.25, 0.3) is 0 Å². The smallest absolute Gasteiger partial charge is 0.407 e. The molecule has 1 unspecified atom stereocenters. The minimum atomic E-state index is -1.76. The lowest BCUT2D eigenvalue weighted by Gasteiger charge is -2.24. The number of amides is 3. The lowest BCUT2D eigenvalue weighted by Crippen LogP contribution is -2.41. The molecule has 2 aromatic rings. The van der Waals surface area contributed by atoms with Gasteiger partial charge in [0.25, 0.3) is 17.5 Å². The summed E-state index contributed by atoms with van der Waals surface area (Å²) in [5.41, 5.74) is -1.04. The van der Waals surface area contributed by atoms with Crippen LogP contribution in [-0.4, -0.2) is 55.6 Å². The zero-order valence-corrected chi connectivity index (χ0v) is 19.8. The van der Waals surface area contributed by atoms with E-state index in [1.807, 2.05) is 0 Å². The van der Waals surface area contributed by atoms with Crippen molar-refractivity contribution in [1.82, 2.24) is 10.2 Å². The fraction of sp³-hybridized carbons (Fsp3) is 0.333. The average Bonchev–Trinajstić information content (AvgIpc) is 3.01. The number of aliphatic carboxylic acids is 1. The third kappa shape index (κ3) is 5.84. The molecule has 12 heteroatoms. The Morgan fingerprint density at radius 3 is 2.19 bits per heavy atom. The molecule has 2 atom stereocenters. The molecule has 36 heavy (non-hydrogen) atoms. The molecule has 3 N–H and O–H groups in total. The van der Waals surface area contributed by atoms with E-state index < -0.39 is 58.8 Å². The fourth-order valence-electron chi connectivity index (χ4n) is 3.81. The number of carbonyl (C=O) groups excluding carboxylic acids is 3. The second-order valence-electron chi connectivity index (χ2n) is 9.19. The average molecular weight is 499 g/mol. The normalized spacial score (nSPS) is 14.7. The predicted molar refractivity (Wildman–Crippen MR) is 124 cm³/mol. The molecule has 0 bridgehead atoms. The van der Waals surface area contributed by atoms with Crippen LogP contribution in [-0.2, 0) is 16.0 Å². The van der Waals surface area contributed by atoms with Crippen molar-refractivity contribution in [2.45, 2.75) is 51.5 Å². The van der Waals surface area contributed by atoms with Gasteiger partial charge < -0.3 is 20.3 Å². The largest absolute Gasteiger partial charge is 0.481 e. The van der Waals surface area contributed by atoms with Crippen LogP contribution in [0, 0.1) is 10.1 Å². The van der Waals surface area contributed by atoms with Crippen molar-refractivity contribution < 1.29 is 39.1 Å². The molecule has 0 radical (unpaired) electrons. The Labute approximate surface area is 205 Å². The molecule has 1 aliphatic rings. The summed E-state index contributed by atoms with van der Waals surface area (Å²) in [4.78, 5) is 60.6. The van der Waals surface area contributed by atoms with Crippen molar-refractivity contribution in [2.24, 2.45) is 0 Å². The van der Waals surface area contributed by atoms with E-state index in [2.05, 4.69) is 5.32 Å². The van der Waals surface area contributed by atoms with E-state index in [1.165, 1.54) is 24.3 Å². The number of nitro benzene ring substituents is 1. The molecule has 0 aromatic heterocycles. The number of carbonyl (C=O) groups is 4. The van der Waals surface area contributed by atoms with Crippen molar-refractivity contribution in [3.05, 3.63) is 74.8 Å². The first kappa shape index (κ1) is 26.3. The highest BCUT2D eigenvalue weighted by atomic mass is 16.6. The van der Waals surface area contributed by atoms with E-state index in [4.69, 9.17) is 4.74 Å². The van der Waals surface area contributed by atoms with Crippen LogP contribution in [0.5, 0.6) is 0 Å². The van der Waals surface area contributed by atoms with Crippen molar-refractivity contribution in [1.29, 1.82) is 0 Å². The molecule has 0 aliphatic carbocycles. The van der Waals surface area contributed by atoms with Crippen molar-refractivity contribution in [2.75, 3.05) is 0 Å². The molecule has 3 amide bonds. The van der Waals surface area contributed by atoms with E-state index in [0.717, 1.165) is 6.07 Å². The number of aliphatic hydroxyl groups excluding tert-OH is 1. The van der Waals surface area contributed by atoms with Crippen LogP contribution < -0.4 is 5.32 Å². The second-order valence-corrected chi connectivity index (χ2v) is 9.19. The van der Waals surface area contributed by atoms with E-state index >= 15 is 0 Å². The van der Waals surface area contributed by atoms with Crippen molar-refractivity contribution in [3.63, 3.8) is 0 Å². The zero-order valence-electron chi connectivity index (χ0n) is 19.8. The Morgan fingerprint density at radius 1 is 1.11 bits per heavy atom. The highest BCUT2D eigenvalue weighted by Gasteiger charge is 2.40. The number of fused-ring (bicyclic) bond motifs is 1. The third-order valence-electron chi connectivity index (χ3n) is 5.28. The number of nitrogens with one attached hydrogen (secondary N) is 1. The zero-order chi connectivity index (χ0) is 26.8. The van der Waals surface area contributed by atoms with E-state index in [1.54, 1.807) is 32.9 Å². The van der Waals surface area contributed by atoms with Crippen LogP contribution >= 0.6 is 0 Å². The number of nitrogens with zero attached hydrogens (tertiary/aromatic N) is 2. The number of hydrogen-bond donors (Lipinski definition) is 3. The molecule has 0 fully saturated rings. The topological polar surface area (TPSA) is 176 Å². The molecule has 0 saturated heterocycles. The number of hydrogen-bond acceptors (Lipinski definition) is 8. The predicted octanol–water partition coefficient (Wildman–Crippen LogP) is 2.79. The molecule has 0 spiro atoms. The molecule has 2 aromatic carbocycles. The molecule has 0 saturated carbocycles. The lowest BCUT2D eigenvalue weighted by molar-refractivity contribution is -0.385. The van der Waals surface area contributed by atoms with Gasteiger partial charge in [-0.05, 0) is 45.0 Å².